The van der Waals surface area contributed by atoms with Crippen LogP contribution in [0.15, 0.2) is 23.3 Å². The average molecular weight is 709 g/mol. The SMILES string of the molecule is CC(O)[C@H]1CC[C@H]2[C@@H]3CC=C4CC5(CC[C@]4(C)[C@H]3[C@@H](O)C[C@]12C)OCCO5.CC(O)[C@H]1CC[C@H]2[C@@H]3CCC4=CC(=O)CC[C@]4(C)[C@H]3[C@@H](O)C[C@]12C. The maximum atomic E-state index is 11.9. The van der Waals surface area contributed by atoms with Crippen LogP contribution in [0.4, 0.5) is 0 Å². The molecule has 16 atom stereocenters. The maximum Gasteiger partial charge on any atom is 0.172 e. The number of aliphatic hydroxyl groups excluding tert-OH is 4. The number of carbonyl (C=O) groups excluding carboxylic acids is 1. The van der Waals surface area contributed by atoms with Gasteiger partial charge in [-0.05, 0) is 160 Å². The minimum Gasteiger partial charge on any atom is -0.393 e. The van der Waals surface area contributed by atoms with Gasteiger partial charge < -0.3 is 29.9 Å². The Morgan fingerprint density at radius 2 is 1.25 bits per heavy atom. The minimum absolute atomic E-state index is 0.000487. The Kier molecular flexibility index (Phi) is 9.20. The van der Waals surface area contributed by atoms with Gasteiger partial charge in [0.2, 0.25) is 0 Å². The molecule has 0 amide bonds. The van der Waals surface area contributed by atoms with Gasteiger partial charge in [-0.3, -0.25) is 4.79 Å². The van der Waals surface area contributed by atoms with Crippen LogP contribution in [0, 0.1) is 69.0 Å². The molecule has 8 aliphatic carbocycles. The molecule has 7 nitrogen and oxygen atoms in total. The summed E-state index contributed by atoms with van der Waals surface area (Å²) in [4.78, 5) is 11.9. The number of aliphatic hydroxyl groups is 4. The van der Waals surface area contributed by atoms with Gasteiger partial charge in [-0.15, -0.1) is 0 Å². The van der Waals surface area contributed by atoms with Crippen molar-refractivity contribution in [3.63, 3.8) is 0 Å². The molecular weight excluding hydrogens is 640 g/mol. The molecule has 51 heavy (non-hydrogen) atoms. The molecule has 6 saturated carbocycles. The van der Waals surface area contributed by atoms with E-state index in [-0.39, 0.29) is 57.8 Å². The average Bonchev–Trinajstić information content (AvgIpc) is 3.76. The highest BCUT2D eigenvalue weighted by Crippen LogP contribution is 2.69. The van der Waals surface area contributed by atoms with E-state index in [2.05, 4.69) is 33.8 Å². The number of hydrogen-bond acceptors (Lipinski definition) is 7. The molecule has 0 aromatic carbocycles. The van der Waals surface area contributed by atoms with E-state index in [1.807, 2.05) is 19.9 Å². The maximum absolute atomic E-state index is 11.9. The molecule has 286 valence electrons. The number of fused-ring (bicyclic) bond motifs is 10. The van der Waals surface area contributed by atoms with Crippen molar-refractivity contribution in [2.75, 3.05) is 13.2 Å². The van der Waals surface area contributed by atoms with Gasteiger partial charge in [-0.1, -0.05) is 44.9 Å². The van der Waals surface area contributed by atoms with Crippen LogP contribution < -0.4 is 0 Å². The van der Waals surface area contributed by atoms with Gasteiger partial charge in [-0.25, -0.2) is 0 Å². The Labute approximate surface area is 307 Å². The summed E-state index contributed by atoms with van der Waals surface area (Å²) in [5, 5.41) is 43.2. The van der Waals surface area contributed by atoms with Gasteiger partial charge in [0.1, 0.15) is 0 Å². The lowest BCUT2D eigenvalue weighted by Crippen LogP contribution is -2.58. The van der Waals surface area contributed by atoms with Gasteiger partial charge in [-0.2, -0.15) is 0 Å². The molecule has 9 aliphatic rings. The number of ketones is 1. The molecule has 2 unspecified atom stereocenters. The predicted molar refractivity (Wildman–Crippen MR) is 196 cm³/mol. The zero-order chi connectivity index (χ0) is 36.3. The zero-order valence-electron chi connectivity index (χ0n) is 32.4. The van der Waals surface area contributed by atoms with Gasteiger partial charge in [0.15, 0.2) is 11.6 Å². The number of hydrogen-bond donors (Lipinski definition) is 4. The van der Waals surface area contributed by atoms with Gasteiger partial charge in [0.05, 0.1) is 37.6 Å². The topological polar surface area (TPSA) is 116 Å². The second-order valence-corrected chi connectivity index (χ2v) is 20.3. The van der Waals surface area contributed by atoms with E-state index in [4.69, 9.17) is 9.47 Å². The Balaban J connectivity index is 0.000000148. The molecule has 1 heterocycles. The fourth-order valence-electron chi connectivity index (χ4n) is 15.8. The molecule has 1 spiro atoms. The minimum atomic E-state index is -0.392. The molecule has 0 bridgehead atoms. The second kappa shape index (κ2) is 12.7. The van der Waals surface area contributed by atoms with Crippen molar-refractivity contribution in [2.45, 2.75) is 162 Å². The third-order valence-corrected chi connectivity index (χ3v) is 18.1. The van der Waals surface area contributed by atoms with Crippen LogP contribution >= 0.6 is 0 Å². The normalized spacial score (nSPS) is 52.1. The molecule has 9 rings (SSSR count). The van der Waals surface area contributed by atoms with Crippen molar-refractivity contribution in [1.82, 2.24) is 0 Å². The van der Waals surface area contributed by atoms with Crippen LogP contribution in [0.1, 0.15) is 131 Å². The standard InChI is InChI=1S/C23H36O4.C21H32O3/c1-14(24)17-6-7-18-16-5-4-15-12-23(26-10-11-27-23)9-8-21(15,2)20(16)19(25)13-22(17,18)3;1-12(22)16-6-7-17-15-5-4-13-10-14(23)8-9-20(13,2)19(15)18(24)11-21(16,17)3/h4,14,16-20,24-25H,5-13H2,1-3H3;10,12,15-19,22,24H,4-9,11H2,1-3H3/t14?,16-,17+,18-,19-,20+,21-,22+;12?,15-,16+,17-,18-,19+,20-,21+/m00/s1. The Morgan fingerprint density at radius 3 is 1.84 bits per heavy atom. The van der Waals surface area contributed by atoms with Crippen molar-refractivity contribution >= 4 is 5.78 Å². The summed E-state index contributed by atoms with van der Waals surface area (Å²) in [6, 6.07) is 0. The molecule has 4 N–H and O–H groups in total. The molecular formula is C44H68O7. The summed E-state index contributed by atoms with van der Waals surface area (Å²) >= 11 is 0. The molecule has 1 saturated heterocycles. The third-order valence-electron chi connectivity index (χ3n) is 18.1. The monoisotopic (exact) mass is 708 g/mol. The van der Waals surface area contributed by atoms with E-state index in [1.165, 1.54) is 24.0 Å². The summed E-state index contributed by atoms with van der Waals surface area (Å²) in [5.74, 6) is 3.45. The molecule has 0 aromatic rings. The van der Waals surface area contributed by atoms with Crippen molar-refractivity contribution in [1.29, 1.82) is 0 Å². The molecule has 7 heteroatoms. The van der Waals surface area contributed by atoms with Crippen LogP contribution in [-0.4, -0.2) is 69.6 Å². The van der Waals surface area contributed by atoms with E-state index in [1.54, 1.807) is 0 Å². The number of rotatable bonds is 2. The lowest BCUT2D eigenvalue weighted by molar-refractivity contribution is -0.194. The van der Waals surface area contributed by atoms with E-state index in [0.717, 1.165) is 70.6 Å². The van der Waals surface area contributed by atoms with Crippen molar-refractivity contribution in [3.05, 3.63) is 23.3 Å². The van der Waals surface area contributed by atoms with Crippen molar-refractivity contribution in [2.24, 2.45) is 69.0 Å². The summed E-state index contributed by atoms with van der Waals surface area (Å²) in [5.41, 5.74) is 2.96. The summed E-state index contributed by atoms with van der Waals surface area (Å²) < 4.78 is 12.0. The number of carbonyl (C=O) groups is 1. The predicted octanol–water partition coefficient (Wildman–Crippen LogP) is 7.15. The zero-order valence-corrected chi connectivity index (χ0v) is 32.4. The Bertz CT molecular complexity index is 1430. The first-order chi connectivity index (χ1) is 24.1. The number of allylic oxidation sites excluding steroid dienone is 2. The first-order valence-electron chi connectivity index (χ1n) is 21.0. The lowest BCUT2D eigenvalue weighted by Gasteiger charge is -2.60. The van der Waals surface area contributed by atoms with Crippen LogP contribution in [0.25, 0.3) is 0 Å². The van der Waals surface area contributed by atoms with Crippen molar-refractivity contribution < 1.29 is 34.7 Å². The highest BCUT2D eigenvalue weighted by molar-refractivity contribution is 5.91. The second-order valence-electron chi connectivity index (χ2n) is 20.3. The number of ether oxygens (including phenoxy) is 2. The van der Waals surface area contributed by atoms with Gasteiger partial charge in [0.25, 0.3) is 0 Å². The van der Waals surface area contributed by atoms with E-state index in [9.17, 15) is 25.2 Å². The van der Waals surface area contributed by atoms with E-state index < -0.39 is 5.79 Å². The smallest absolute Gasteiger partial charge is 0.172 e. The first-order valence-corrected chi connectivity index (χ1v) is 21.0. The molecule has 0 radical (unpaired) electrons. The van der Waals surface area contributed by atoms with E-state index in [0.29, 0.717) is 61.1 Å². The quantitative estimate of drug-likeness (QED) is 0.225. The van der Waals surface area contributed by atoms with Crippen molar-refractivity contribution in [3.8, 4) is 0 Å². The summed E-state index contributed by atoms with van der Waals surface area (Å²) in [6.07, 6.45) is 17.0. The largest absolute Gasteiger partial charge is 0.393 e. The first kappa shape index (κ1) is 36.9. The molecule has 0 aromatic heterocycles. The van der Waals surface area contributed by atoms with Crippen LogP contribution in [-0.2, 0) is 14.3 Å². The lowest BCUT2D eigenvalue weighted by atomic mass is 9.46. The Hall–Kier alpha value is -1.09. The highest BCUT2D eigenvalue weighted by atomic mass is 16.7. The fourth-order valence-corrected chi connectivity index (χ4v) is 15.8. The fraction of sp³-hybridized carbons (Fsp3) is 0.886. The van der Waals surface area contributed by atoms with E-state index >= 15 is 0 Å². The summed E-state index contributed by atoms with van der Waals surface area (Å²) in [6.45, 7) is 14.6. The highest BCUT2D eigenvalue weighted by Gasteiger charge is 2.64. The van der Waals surface area contributed by atoms with Gasteiger partial charge >= 0.3 is 0 Å². The Morgan fingerprint density at radius 1 is 0.706 bits per heavy atom. The molecule has 1 aliphatic heterocycles. The summed E-state index contributed by atoms with van der Waals surface area (Å²) in [7, 11) is 0. The van der Waals surface area contributed by atoms with Crippen LogP contribution in [0.2, 0.25) is 0 Å². The van der Waals surface area contributed by atoms with Gasteiger partial charge in [0, 0.05) is 19.3 Å². The van der Waals surface area contributed by atoms with Crippen LogP contribution in [0.5, 0.6) is 0 Å². The third kappa shape index (κ3) is 5.50. The molecule has 7 fully saturated rings. The van der Waals surface area contributed by atoms with Crippen LogP contribution in [0.3, 0.4) is 0 Å².